The largest absolute Gasteiger partial charge is 0.319 e. The normalized spacial score (nSPS) is 13.8. The number of nitrogens with one attached hydrogen (secondary N) is 1. The van der Waals surface area contributed by atoms with Gasteiger partial charge in [-0.3, -0.25) is 14.9 Å². The molecule has 5 heteroatoms. The third-order valence-electron chi connectivity index (χ3n) is 1.34. The van der Waals surface area contributed by atoms with Crippen LogP contribution >= 0.6 is 12.6 Å². The van der Waals surface area contributed by atoms with Crippen LogP contribution in [0.2, 0.25) is 0 Å². The van der Waals surface area contributed by atoms with Gasteiger partial charge in [0, 0.05) is 11.7 Å². The van der Waals surface area contributed by atoms with Crippen molar-refractivity contribution in [2.45, 2.75) is 31.6 Å². The van der Waals surface area contributed by atoms with Gasteiger partial charge in [-0.1, -0.05) is 0 Å². The van der Waals surface area contributed by atoms with Crippen LogP contribution in [0, 0.1) is 0 Å². The van der Waals surface area contributed by atoms with Crippen LogP contribution < -0.4 is 11.1 Å². The molecule has 0 aliphatic rings. The monoisotopic (exact) mass is 190 g/mol. The number of hydrogen-bond donors (Lipinski definition) is 3. The van der Waals surface area contributed by atoms with E-state index in [1.165, 1.54) is 6.92 Å². The molecule has 0 aliphatic heterocycles. The van der Waals surface area contributed by atoms with Crippen LogP contribution in [-0.4, -0.2) is 22.6 Å². The van der Waals surface area contributed by atoms with Crippen LogP contribution in [0.25, 0.3) is 0 Å². The van der Waals surface area contributed by atoms with Crippen molar-refractivity contribution in [1.29, 1.82) is 0 Å². The number of rotatable bonds is 2. The van der Waals surface area contributed by atoms with Crippen LogP contribution in [0.5, 0.6) is 0 Å². The van der Waals surface area contributed by atoms with E-state index in [0.29, 0.717) is 0 Å². The Balaban J connectivity index is 4.21. The zero-order chi connectivity index (χ0) is 9.94. The predicted octanol–water partition coefficient (Wildman–Crippen LogP) is -0.315. The molecule has 0 aliphatic carbocycles. The first kappa shape index (κ1) is 11.4. The molecule has 4 nitrogen and oxygen atoms in total. The molecule has 12 heavy (non-hydrogen) atoms. The Bertz CT molecular complexity index is 198. The first-order valence-electron chi connectivity index (χ1n) is 3.54. The highest BCUT2D eigenvalue weighted by Gasteiger charge is 2.28. The van der Waals surface area contributed by atoms with Crippen molar-refractivity contribution in [3.63, 3.8) is 0 Å². The fourth-order valence-electron chi connectivity index (χ4n) is 0.572. The standard InChI is InChI=1S/C7H14N2O2S/c1-4(10)9-6(11)5(8)7(2,3)12/h5,12H,8H2,1-3H3,(H,9,10,11)/t5-/m1/s1. The number of hydrogen-bond acceptors (Lipinski definition) is 4. The zero-order valence-electron chi connectivity index (χ0n) is 7.42. The van der Waals surface area contributed by atoms with Gasteiger partial charge in [-0.15, -0.1) is 0 Å². The van der Waals surface area contributed by atoms with Gasteiger partial charge < -0.3 is 5.73 Å². The van der Waals surface area contributed by atoms with Crippen LogP contribution in [0.3, 0.4) is 0 Å². The fraction of sp³-hybridized carbons (Fsp3) is 0.714. The molecule has 0 fully saturated rings. The number of thiol groups is 1. The highest BCUT2D eigenvalue weighted by Crippen LogP contribution is 2.15. The average molecular weight is 190 g/mol. The molecule has 0 saturated heterocycles. The average Bonchev–Trinajstić information content (AvgIpc) is 1.82. The van der Waals surface area contributed by atoms with Crippen molar-refractivity contribution in [3.05, 3.63) is 0 Å². The SMILES string of the molecule is CC(=O)NC(=O)[C@@H](N)C(C)(C)S. The molecule has 0 bridgehead atoms. The summed E-state index contributed by atoms with van der Waals surface area (Å²) >= 11 is 4.11. The number of amides is 2. The van der Waals surface area contributed by atoms with Gasteiger partial charge in [0.1, 0.15) is 0 Å². The summed E-state index contributed by atoms with van der Waals surface area (Å²) in [5, 5.41) is 2.10. The van der Waals surface area contributed by atoms with E-state index in [9.17, 15) is 9.59 Å². The molecule has 0 radical (unpaired) electrons. The fourth-order valence-corrected chi connectivity index (χ4v) is 0.689. The molecule has 0 aromatic rings. The molecule has 0 heterocycles. The minimum Gasteiger partial charge on any atom is -0.319 e. The van der Waals surface area contributed by atoms with Crippen molar-refractivity contribution < 1.29 is 9.59 Å². The van der Waals surface area contributed by atoms with E-state index in [1.54, 1.807) is 13.8 Å². The Labute approximate surface area is 77.3 Å². The van der Waals surface area contributed by atoms with E-state index in [4.69, 9.17) is 5.73 Å². The van der Waals surface area contributed by atoms with Crippen LogP contribution in [0.15, 0.2) is 0 Å². The van der Waals surface area contributed by atoms with Gasteiger partial charge in [0.15, 0.2) is 0 Å². The lowest BCUT2D eigenvalue weighted by molar-refractivity contribution is -0.130. The first-order chi connectivity index (χ1) is 5.25. The summed E-state index contributed by atoms with van der Waals surface area (Å²) in [5.74, 6) is -0.907. The van der Waals surface area contributed by atoms with Gasteiger partial charge >= 0.3 is 0 Å². The minimum atomic E-state index is -0.787. The van der Waals surface area contributed by atoms with E-state index in [0.717, 1.165) is 0 Å². The maximum atomic E-state index is 11.1. The lowest BCUT2D eigenvalue weighted by Gasteiger charge is -2.24. The quantitative estimate of drug-likeness (QED) is 0.523. The third-order valence-corrected chi connectivity index (χ3v) is 1.62. The minimum absolute atomic E-state index is 0.409. The second-order valence-electron chi connectivity index (χ2n) is 3.18. The summed E-state index contributed by atoms with van der Waals surface area (Å²) in [6.07, 6.45) is 0. The summed E-state index contributed by atoms with van der Waals surface area (Å²) in [7, 11) is 0. The molecule has 1 atom stereocenters. The Morgan fingerprint density at radius 1 is 1.50 bits per heavy atom. The van der Waals surface area contributed by atoms with Crippen molar-refractivity contribution in [1.82, 2.24) is 5.32 Å². The van der Waals surface area contributed by atoms with E-state index in [1.807, 2.05) is 0 Å². The highest BCUT2D eigenvalue weighted by atomic mass is 32.1. The van der Waals surface area contributed by atoms with E-state index >= 15 is 0 Å². The van der Waals surface area contributed by atoms with Crippen molar-refractivity contribution in [2.75, 3.05) is 0 Å². The molecule has 70 valence electrons. The molecule has 0 saturated carbocycles. The highest BCUT2D eigenvalue weighted by molar-refractivity contribution is 7.81. The number of imide groups is 1. The van der Waals surface area contributed by atoms with Crippen molar-refractivity contribution >= 4 is 24.4 Å². The van der Waals surface area contributed by atoms with E-state index in [-0.39, 0.29) is 0 Å². The van der Waals surface area contributed by atoms with Crippen LogP contribution in [0.4, 0.5) is 0 Å². The van der Waals surface area contributed by atoms with Gasteiger partial charge in [0.25, 0.3) is 0 Å². The number of carbonyl (C=O) groups excluding carboxylic acids is 2. The summed E-state index contributed by atoms with van der Waals surface area (Å²) in [6, 6.07) is -0.787. The zero-order valence-corrected chi connectivity index (χ0v) is 8.31. The molecule has 2 amide bonds. The summed E-state index contributed by atoms with van der Waals surface area (Å²) < 4.78 is -0.625. The summed E-state index contributed by atoms with van der Waals surface area (Å²) in [6.45, 7) is 4.68. The topological polar surface area (TPSA) is 72.2 Å². The molecule has 0 unspecified atom stereocenters. The second kappa shape index (κ2) is 3.91. The smallest absolute Gasteiger partial charge is 0.244 e. The van der Waals surface area contributed by atoms with Gasteiger partial charge in [0.2, 0.25) is 11.8 Å². The maximum absolute atomic E-state index is 11.1. The number of nitrogens with two attached hydrogens (primary N) is 1. The third kappa shape index (κ3) is 3.73. The van der Waals surface area contributed by atoms with Gasteiger partial charge in [-0.25, -0.2) is 0 Å². The van der Waals surface area contributed by atoms with Gasteiger partial charge in [-0.2, -0.15) is 12.6 Å². The predicted molar refractivity (Wildman–Crippen MR) is 49.9 cm³/mol. The Hall–Kier alpha value is -0.550. The van der Waals surface area contributed by atoms with E-state index < -0.39 is 22.6 Å². The number of carbonyl (C=O) groups is 2. The molecule has 0 rings (SSSR count). The van der Waals surface area contributed by atoms with Crippen molar-refractivity contribution in [2.24, 2.45) is 5.73 Å². The van der Waals surface area contributed by atoms with Gasteiger partial charge in [-0.05, 0) is 13.8 Å². The van der Waals surface area contributed by atoms with Crippen LogP contribution in [-0.2, 0) is 9.59 Å². The molecule has 0 spiro atoms. The van der Waals surface area contributed by atoms with Crippen LogP contribution in [0.1, 0.15) is 20.8 Å². The van der Waals surface area contributed by atoms with Crippen molar-refractivity contribution in [3.8, 4) is 0 Å². The Kier molecular flexibility index (Phi) is 3.73. The summed E-state index contributed by atoms with van der Waals surface area (Å²) in [5.41, 5.74) is 5.50. The van der Waals surface area contributed by atoms with E-state index in [2.05, 4.69) is 17.9 Å². The Morgan fingerprint density at radius 2 is 1.92 bits per heavy atom. The lowest BCUT2D eigenvalue weighted by Crippen LogP contribution is -2.51. The molecule has 3 N–H and O–H groups in total. The molecular formula is C7H14N2O2S. The molecule has 0 aromatic carbocycles. The lowest BCUT2D eigenvalue weighted by atomic mass is 10.0. The second-order valence-corrected chi connectivity index (χ2v) is 4.33. The Morgan fingerprint density at radius 3 is 2.17 bits per heavy atom. The summed E-state index contributed by atoms with van der Waals surface area (Å²) in [4.78, 5) is 21.6. The first-order valence-corrected chi connectivity index (χ1v) is 3.99. The molecule has 0 aromatic heterocycles. The molecular weight excluding hydrogens is 176 g/mol. The van der Waals surface area contributed by atoms with Gasteiger partial charge in [0.05, 0.1) is 6.04 Å². The maximum Gasteiger partial charge on any atom is 0.244 e.